The summed E-state index contributed by atoms with van der Waals surface area (Å²) in [4.78, 5) is 2.56. The van der Waals surface area contributed by atoms with Crippen molar-refractivity contribution in [2.45, 2.75) is 51.6 Å². The second-order valence-electron chi connectivity index (χ2n) is 4.66. The Labute approximate surface area is 76.5 Å². The van der Waals surface area contributed by atoms with Gasteiger partial charge >= 0.3 is 0 Å². The Morgan fingerprint density at radius 3 is 2.42 bits per heavy atom. The summed E-state index contributed by atoms with van der Waals surface area (Å²) in [5.74, 6) is 0. The molecule has 0 N–H and O–H groups in total. The van der Waals surface area contributed by atoms with E-state index < -0.39 is 0 Å². The van der Waals surface area contributed by atoms with Gasteiger partial charge in [-0.1, -0.05) is 12.5 Å². The van der Waals surface area contributed by atoms with Crippen LogP contribution in [0.5, 0.6) is 0 Å². The highest BCUT2D eigenvalue weighted by Crippen LogP contribution is 2.25. The summed E-state index contributed by atoms with van der Waals surface area (Å²) >= 11 is 0. The Morgan fingerprint density at radius 2 is 2.00 bits per heavy atom. The van der Waals surface area contributed by atoms with E-state index in [4.69, 9.17) is 0 Å². The number of rotatable bonds is 1. The summed E-state index contributed by atoms with van der Waals surface area (Å²) in [6.07, 6.45) is 6.11. The van der Waals surface area contributed by atoms with Crippen molar-refractivity contribution in [1.29, 1.82) is 0 Å². The molecule has 0 aromatic rings. The number of nitrogens with zero attached hydrogens (tertiary/aromatic N) is 1. The fraction of sp³-hybridized carbons (Fsp3) is 0.818. The predicted molar refractivity (Wildman–Crippen MR) is 54.3 cm³/mol. The van der Waals surface area contributed by atoms with Crippen LogP contribution >= 0.6 is 0 Å². The first-order valence-corrected chi connectivity index (χ1v) is 4.95. The number of likely N-dealkylation sites (tertiary alicyclic amines) is 1. The van der Waals surface area contributed by atoms with Crippen LogP contribution in [0.2, 0.25) is 0 Å². The van der Waals surface area contributed by atoms with Crippen LogP contribution in [0.25, 0.3) is 0 Å². The highest BCUT2D eigenvalue weighted by Gasteiger charge is 2.28. The zero-order valence-corrected chi connectivity index (χ0v) is 8.64. The maximum absolute atomic E-state index is 3.91. The summed E-state index contributed by atoms with van der Waals surface area (Å²) in [5, 5.41) is 0. The molecule has 0 saturated carbocycles. The third kappa shape index (κ3) is 2.10. The van der Waals surface area contributed by atoms with Gasteiger partial charge in [0.05, 0.1) is 0 Å². The minimum absolute atomic E-state index is 0.305. The summed E-state index contributed by atoms with van der Waals surface area (Å²) in [6, 6.07) is 0.610. The molecule has 1 unspecified atom stereocenters. The van der Waals surface area contributed by atoms with Crippen LogP contribution in [0.15, 0.2) is 12.7 Å². The van der Waals surface area contributed by atoms with E-state index in [0.717, 1.165) is 0 Å². The van der Waals surface area contributed by atoms with E-state index >= 15 is 0 Å². The Morgan fingerprint density at radius 1 is 1.33 bits per heavy atom. The molecule has 0 aromatic carbocycles. The lowest BCUT2D eigenvalue weighted by Gasteiger charge is -2.43. The summed E-state index contributed by atoms with van der Waals surface area (Å²) in [6.45, 7) is 12.0. The van der Waals surface area contributed by atoms with Crippen molar-refractivity contribution < 1.29 is 0 Å². The molecule has 12 heavy (non-hydrogen) atoms. The SMILES string of the molecule is C=CC1CCCCN1C(C)(C)C. The van der Waals surface area contributed by atoms with Gasteiger partial charge in [0.15, 0.2) is 0 Å². The van der Waals surface area contributed by atoms with Gasteiger partial charge < -0.3 is 0 Å². The smallest absolute Gasteiger partial charge is 0.0280 e. The standard InChI is InChI=1S/C11H21N/c1-5-10-8-6-7-9-12(10)11(2,3)4/h5,10H,1,6-9H2,2-4H3. The number of piperidine rings is 1. The molecule has 1 atom stereocenters. The lowest BCUT2D eigenvalue weighted by molar-refractivity contribution is 0.0748. The Balaban J connectivity index is 2.65. The Hall–Kier alpha value is -0.300. The van der Waals surface area contributed by atoms with Crippen LogP contribution < -0.4 is 0 Å². The molecular formula is C11H21N. The molecule has 1 aliphatic heterocycles. The van der Waals surface area contributed by atoms with Gasteiger partial charge in [-0.2, -0.15) is 0 Å². The second kappa shape index (κ2) is 3.61. The van der Waals surface area contributed by atoms with Crippen LogP contribution in [0, 0.1) is 0 Å². The zero-order valence-electron chi connectivity index (χ0n) is 8.64. The van der Waals surface area contributed by atoms with Crippen LogP contribution in [0.1, 0.15) is 40.0 Å². The maximum atomic E-state index is 3.91. The van der Waals surface area contributed by atoms with Crippen molar-refractivity contribution >= 4 is 0 Å². The topological polar surface area (TPSA) is 3.24 Å². The van der Waals surface area contributed by atoms with Gasteiger partial charge in [-0.25, -0.2) is 0 Å². The fourth-order valence-corrected chi connectivity index (χ4v) is 2.04. The van der Waals surface area contributed by atoms with Crippen molar-refractivity contribution in [2.24, 2.45) is 0 Å². The average Bonchev–Trinajstić information content (AvgIpc) is 2.03. The van der Waals surface area contributed by atoms with Crippen LogP contribution in [0.3, 0.4) is 0 Å². The molecule has 0 aromatic heterocycles. The van der Waals surface area contributed by atoms with Crippen molar-refractivity contribution in [3.05, 3.63) is 12.7 Å². The molecule has 70 valence electrons. The van der Waals surface area contributed by atoms with Crippen molar-refractivity contribution in [1.82, 2.24) is 4.90 Å². The van der Waals surface area contributed by atoms with Gasteiger partial charge in [-0.05, 0) is 40.2 Å². The summed E-state index contributed by atoms with van der Waals surface area (Å²) in [7, 11) is 0. The molecule has 0 amide bonds. The first-order valence-electron chi connectivity index (χ1n) is 4.95. The molecule has 1 nitrogen and oxygen atoms in total. The highest BCUT2D eigenvalue weighted by atomic mass is 15.2. The van der Waals surface area contributed by atoms with Gasteiger partial charge in [0.25, 0.3) is 0 Å². The van der Waals surface area contributed by atoms with Crippen molar-refractivity contribution in [2.75, 3.05) is 6.54 Å². The third-order valence-electron chi connectivity index (χ3n) is 2.68. The van der Waals surface area contributed by atoms with Gasteiger partial charge in [-0.3, -0.25) is 4.90 Å². The number of hydrogen-bond donors (Lipinski definition) is 0. The minimum atomic E-state index is 0.305. The largest absolute Gasteiger partial charge is 0.292 e. The first kappa shape index (κ1) is 9.79. The van der Waals surface area contributed by atoms with Gasteiger partial charge in [-0.15, -0.1) is 6.58 Å². The normalized spacial score (nSPS) is 27.1. The van der Waals surface area contributed by atoms with Crippen LogP contribution in [-0.2, 0) is 0 Å². The minimum Gasteiger partial charge on any atom is -0.292 e. The highest BCUT2D eigenvalue weighted by molar-refractivity contribution is 4.95. The van der Waals surface area contributed by atoms with E-state index in [1.807, 2.05) is 0 Å². The van der Waals surface area contributed by atoms with Gasteiger partial charge in [0.2, 0.25) is 0 Å². The molecule has 1 aliphatic rings. The monoisotopic (exact) mass is 167 g/mol. The van der Waals surface area contributed by atoms with E-state index in [2.05, 4.69) is 38.3 Å². The molecule has 1 saturated heterocycles. The zero-order chi connectivity index (χ0) is 9.19. The Kier molecular flexibility index (Phi) is 2.94. The predicted octanol–water partition coefficient (Wildman–Crippen LogP) is 2.83. The van der Waals surface area contributed by atoms with Crippen molar-refractivity contribution in [3.63, 3.8) is 0 Å². The molecule has 1 fully saturated rings. The quantitative estimate of drug-likeness (QED) is 0.543. The molecule has 1 heteroatoms. The summed E-state index contributed by atoms with van der Waals surface area (Å²) in [5.41, 5.74) is 0.305. The molecule has 0 bridgehead atoms. The van der Waals surface area contributed by atoms with E-state index in [1.54, 1.807) is 0 Å². The molecule has 0 aliphatic carbocycles. The van der Waals surface area contributed by atoms with E-state index in [0.29, 0.717) is 11.6 Å². The van der Waals surface area contributed by atoms with Crippen LogP contribution in [0.4, 0.5) is 0 Å². The fourth-order valence-electron chi connectivity index (χ4n) is 2.04. The average molecular weight is 167 g/mol. The number of hydrogen-bond acceptors (Lipinski definition) is 1. The second-order valence-corrected chi connectivity index (χ2v) is 4.66. The lowest BCUT2D eigenvalue weighted by atomic mass is 9.95. The molecule has 1 heterocycles. The molecule has 0 radical (unpaired) electrons. The molecular weight excluding hydrogens is 146 g/mol. The van der Waals surface area contributed by atoms with Crippen molar-refractivity contribution in [3.8, 4) is 0 Å². The Bertz CT molecular complexity index is 155. The molecule has 1 rings (SSSR count). The van der Waals surface area contributed by atoms with Gasteiger partial charge in [0, 0.05) is 11.6 Å². The van der Waals surface area contributed by atoms with E-state index in [1.165, 1.54) is 25.8 Å². The third-order valence-corrected chi connectivity index (χ3v) is 2.68. The molecule has 0 spiro atoms. The first-order chi connectivity index (χ1) is 5.55. The maximum Gasteiger partial charge on any atom is 0.0280 e. The van der Waals surface area contributed by atoms with Gasteiger partial charge in [0.1, 0.15) is 0 Å². The lowest BCUT2D eigenvalue weighted by Crippen LogP contribution is -2.49. The van der Waals surface area contributed by atoms with E-state index in [-0.39, 0.29) is 0 Å². The van der Waals surface area contributed by atoms with E-state index in [9.17, 15) is 0 Å². The van der Waals surface area contributed by atoms with Crippen LogP contribution in [-0.4, -0.2) is 23.0 Å². The summed E-state index contributed by atoms with van der Waals surface area (Å²) < 4.78 is 0.